The molecule has 0 saturated carbocycles. The Balaban J connectivity index is 2.89. The Kier molecular flexibility index (Phi) is 7.00. The van der Waals surface area contributed by atoms with Crippen LogP contribution in [0.4, 0.5) is 5.69 Å². The third kappa shape index (κ3) is 4.57. The number of nitrogens with one attached hydrogen (secondary N) is 1. The number of hydrogen-bond acceptors (Lipinski definition) is 6. The molecule has 1 rings (SSSR count). The van der Waals surface area contributed by atoms with Crippen molar-refractivity contribution in [3.8, 4) is 0 Å². The molecule has 0 bridgehead atoms. The van der Waals surface area contributed by atoms with Crippen molar-refractivity contribution < 1.29 is 14.9 Å². The predicted molar refractivity (Wildman–Crippen MR) is 74.3 cm³/mol. The maximum atomic E-state index is 11.9. The van der Waals surface area contributed by atoms with Crippen LogP contribution in [0.3, 0.4) is 0 Å². The van der Waals surface area contributed by atoms with Crippen molar-refractivity contribution in [2.45, 2.75) is 19.0 Å². The first-order valence-corrected chi connectivity index (χ1v) is 6.66. The summed E-state index contributed by atoms with van der Waals surface area (Å²) in [7, 11) is 1.57. The second kappa shape index (κ2) is 8.26. The Bertz CT molecular complexity index is 446. The lowest BCUT2D eigenvalue weighted by Gasteiger charge is -2.19. The molecule has 3 N–H and O–H groups in total. The van der Waals surface area contributed by atoms with Crippen LogP contribution in [0.5, 0.6) is 0 Å². The fourth-order valence-electron chi connectivity index (χ4n) is 1.59. The van der Waals surface area contributed by atoms with Crippen LogP contribution in [0, 0.1) is 0 Å². The Morgan fingerprint density at radius 2 is 2.26 bits per heavy atom. The molecule has 1 aromatic rings. The van der Waals surface area contributed by atoms with Crippen molar-refractivity contribution in [1.29, 1.82) is 0 Å². The van der Waals surface area contributed by atoms with Gasteiger partial charge in [0.15, 0.2) is 0 Å². The second-order valence-corrected chi connectivity index (χ2v) is 4.73. The number of aliphatic hydroxyl groups is 2. The molecule has 19 heavy (non-hydrogen) atoms. The average molecular weight is 336 g/mol. The summed E-state index contributed by atoms with van der Waals surface area (Å²) < 4.78 is 6.55. The zero-order chi connectivity index (χ0) is 14.3. The summed E-state index contributed by atoms with van der Waals surface area (Å²) in [4.78, 5) is 11.9. The van der Waals surface area contributed by atoms with Crippen LogP contribution in [0.2, 0.25) is 0 Å². The zero-order valence-corrected chi connectivity index (χ0v) is 12.3. The molecule has 0 aliphatic rings. The van der Waals surface area contributed by atoms with Crippen LogP contribution in [0.25, 0.3) is 0 Å². The lowest BCUT2D eigenvalue weighted by Crippen LogP contribution is -2.30. The molecule has 0 aliphatic heterocycles. The van der Waals surface area contributed by atoms with Crippen LogP contribution in [0.1, 0.15) is 6.42 Å². The Morgan fingerprint density at radius 1 is 1.53 bits per heavy atom. The van der Waals surface area contributed by atoms with Gasteiger partial charge in [-0.1, -0.05) is 0 Å². The SMILES string of the molecule is COCC(CCO)Nc1cnn(CCO)c(=O)c1Br. The highest BCUT2D eigenvalue weighted by atomic mass is 79.9. The average Bonchev–Trinajstić information content (AvgIpc) is 2.39. The molecule has 108 valence electrons. The van der Waals surface area contributed by atoms with Gasteiger partial charge < -0.3 is 20.3 Å². The number of rotatable bonds is 8. The number of hydrogen-bond donors (Lipinski definition) is 3. The normalized spacial score (nSPS) is 12.4. The third-order valence-corrected chi connectivity index (χ3v) is 3.27. The molecule has 1 aromatic heterocycles. The van der Waals surface area contributed by atoms with Gasteiger partial charge in [-0.2, -0.15) is 5.10 Å². The van der Waals surface area contributed by atoms with E-state index in [9.17, 15) is 4.79 Å². The maximum absolute atomic E-state index is 11.9. The van der Waals surface area contributed by atoms with Crippen molar-refractivity contribution in [3.05, 3.63) is 21.0 Å². The lowest BCUT2D eigenvalue weighted by atomic mass is 10.2. The highest BCUT2D eigenvalue weighted by molar-refractivity contribution is 9.10. The third-order valence-electron chi connectivity index (χ3n) is 2.50. The summed E-state index contributed by atoms with van der Waals surface area (Å²) in [6.45, 7) is 0.430. The van der Waals surface area contributed by atoms with Crippen LogP contribution < -0.4 is 10.9 Å². The van der Waals surface area contributed by atoms with Gasteiger partial charge in [-0.3, -0.25) is 4.79 Å². The number of halogens is 1. The van der Waals surface area contributed by atoms with E-state index in [1.54, 1.807) is 7.11 Å². The molecule has 0 aliphatic carbocycles. The minimum Gasteiger partial charge on any atom is -0.396 e. The van der Waals surface area contributed by atoms with Crippen LogP contribution in [0.15, 0.2) is 15.5 Å². The highest BCUT2D eigenvalue weighted by Crippen LogP contribution is 2.17. The van der Waals surface area contributed by atoms with E-state index in [4.69, 9.17) is 14.9 Å². The van der Waals surface area contributed by atoms with Gasteiger partial charge >= 0.3 is 0 Å². The minimum atomic E-state index is -0.320. The first-order valence-electron chi connectivity index (χ1n) is 5.86. The zero-order valence-electron chi connectivity index (χ0n) is 10.7. The summed E-state index contributed by atoms with van der Waals surface area (Å²) in [6, 6.07) is -0.110. The van der Waals surface area contributed by atoms with E-state index in [0.29, 0.717) is 23.2 Å². The van der Waals surface area contributed by atoms with E-state index in [0.717, 1.165) is 0 Å². The molecular formula is C11H18BrN3O4. The van der Waals surface area contributed by atoms with Gasteiger partial charge in [0.05, 0.1) is 37.7 Å². The molecular weight excluding hydrogens is 318 g/mol. The van der Waals surface area contributed by atoms with Gasteiger partial charge in [-0.05, 0) is 22.4 Å². The quantitative estimate of drug-likeness (QED) is 0.609. The van der Waals surface area contributed by atoms with Crippen LogP contribution in [-0.2, 0) is 11.3 Å². The van der Waals surface area contributed by atoms with Crippen LogP contribution in [-0.4, -0.2) is 53.0 Å². The van der Waals surface area contributed by atoms with Gasteiger partial charge in [-0.25, -0.2) is 4.68 Å². The summed E-state index contributed by atoms with van der Waals surface area (Å²) in [5.41, 5.74) is 0.217. The number of aliphatic hydroxyl groups excluding tert-OH is 2. The lowest BCUT2D eigenvalue weighted by molar-refractivity contribution is 0.170. The number of nitrogens with zero attached hydrogens (tertiary/aromatic N) is 2. The van der Waals surface area contributed by atoms with Crippen molar-refractivity contribution >= 4 is 21.6 Å². The molecule has 0 radical (unpaired) electrons. The van der Waals surface area contributed by atoms with Gasteiger partial charge in [0, 0.05) is 13.7 Å². The monoisotopic (exact) mass is 335 g/mol. The first kappa shape index (κ1) is 16.1. The van der Waals surface area contributed by atoms with Crippen LogP contribution >= 0.6 is 15.9 Å². The standard InChI is InChI=1S/C11H18BrN3O4/c1-19-7-8(2-4-16)14-9-6-13-15(3-5-17)11(18)10(9)12/h6,8,14,16-17H,2-5,7H2,1H3. The summed E-state index contributed by atoms with van der Waals surface area (Å²) in [5.74, 6) is 0. The van der Waals surface area contributed by atoms with Crippen molar-refractivity contribution in [2.24, 2.45) is 0 Å². The number of ether oxygens (including phenoxy) is 1. The number of aromatic nitrogens is 2. The molecule has 0 saturated heterocycles. The van der Waals surface area contributed by atoms with Gasteiger partial charge in [-0.15, -0.1) is 0 Å². The van der Waals surface area contributed by atoms with Gasteiger partial charge in [0.1, 0.15) is 4.47 Å². The molecule has 1 heterocycles. The molecule has 1 unspecified atom stereocenters. The molecule has 1 atom stereocenters. The van der Waals surface area contributed by atoms with E-state index in [1.807, 2.05) is 0 Å². The topological polar surface area (TPSA) is 96.6 Å². The molecule has 7 nitrogen and oxygen atoms in total. The van der Waals surface area contributed by atoms with E-state index >= 15 is 0 Å². The molecule has 0 fully saturated rings. The van der Waals surface area contributed by atoms with Crippen molar-refractivity contribution in [2.75, 3.05) is 32.2 Å². The first-order chi connectivity index (χ1) is 9.13. The van der Waals surface area contributed by atoms with Gasteiger partial charge in [0.2, 0.25) is 0 Å². The van der Waals surface area contributed by atoms with Gasteiger partial charge in [0.25, 0.3) is 5.56 Å². The number of anilines is 1. The fraction of sp³-hybridized carbons (Fsp3) is 0.636. The maximum Gasteiger partial charge on any atom is 0.283 e. The van der Waals surface area contributed by atoms with E-state index in [-0.39, 0.29) is 31.4 Å². The largest absolute Gasteiger partial charge is 0.396 e. The number of methoxy groups -OCH3 is 1. The second-order valence-electron chi connectivity index (χ2n) is 3.93. The smallest absolute Gasteiger partial charge is 0.283 e. The minimum absolute atomic E-state index is 0.0215. The Labute approximate surface area is 119 Å². The van der Waals surface area contributed by atoms with E-state index in [2.05, 4.69) is 26.3 Å². The van der Waals surface area contributed by atoms with E-state index in [1.165, 1.54) is 10.9 Å². The van der Waals surface area contributed by atoms with Crippen molar-refractivity contribution in [1.82, 2.24) is 9.78 Å². The molecule has 0 aromatic carbocycles. The van der Waals surface area contributed by atoms with E-state index < -0.39 is 0 Å². The molecule has 0 amide bonds. The molecule has 0 spiro atoms. The summed E-state index contributed by atoms with van der Waals surface area (Å²) in [6.07, 6.45) is 2.00. The van der Waals surface area contributed by atoms with Crippen molar-refractivity contribution in [3.63, 3.8) is 0 Å². The molecule has 8 heteroatoms. The highest BCUT2D eigenvalue weighted by Gasteiger charge is 2.13. The fourth-order valence-corrected chi connectivity index (χ4v) is 2.02. The summed E-state index contributed by atoms with van der Waals surface area (Å²) >= 11 is 3.21. The Morgan fingerprint density at radius 3 is 2.84 bits per heavy atom. The Hall–Kier alpha value is -0.960. The summed E-state index contributed by atoms with van der Waals surface area (Å²) in [5, 5.41) is 24.8. The predicted octanol–water partition coefficient (Wildman–Crippen LogP) is -0.193.